The van der Waals surface area contributed by atoms with Gasteiger partial charge in [0.2, 0.25) is 0 Å². The van der Waals surface area contributed by atoms with E-state index in [1.54, 1.807) is 6.07 Å². The molecule has 2 nitrogen and oxygen atoms in total. The first kappa shape index (κ1) is 11.0. The number of halogens is 3. The molecule has 1 aliphatic rings. The Labute approximate surface area is 90.0 Å². The summed E-state index contributed by atoms with van der Waals surface area (Å²) in [6.07, 6.45) is -2.57. The zero-order valence-corrected chi connectivity index (χ0v) is 8.30. The van der Waals surface area contributed by atoms with Crippen LogP contribution < -0.4 is 4.74 Å². The first-order valence-electron chi connectivity index (χ1n) is 4.88. The summed E-state index contributed by atoms with van der Waals surface area (Å²) in [7, 11) is 0. The van der Waals surface area contributed by atoms with E-state index < -0.39 is 12.1 Å². The summed E-state index contributed by atoms with van der Waals surface area (Å²) in [5.41, 5.74) is 1.69. The Hall–Kier alpha value is -1.52. The van der Waals surface area contributed by atoms with Crippen LogP contribution in [0.1, 0.15) is 17.5 Å². The third-order valence-electron chi connectivity index (χ3n) is 2.54. The van der Waals surface area contributed by atoms with Crippen LogP contribution in [0.25, 0.3) is 0 Å². The van der Waals surface area contributed by atoms with Gasteiger partial charge in [-0.15, -0.1) is 0 Å². The number of hydrogen-bond donors (Lipinski definition) is 0. The highest BCUT2D eigenvalue weighted by atomic mass is 19.4. The fourth-order valence-corrected chi connectivity index (χ4v) is 1.84. The summed E-state index contributed by atoms with van der Waals surface area (Å²) in [5.74, 6) is -2.12. The van der Waals surface area contributed by atoms with Gasteiger partial charge in [0, 0.05) is 0 Å². The van der Waals surface area contributed by atoms with E-state index in [4.69, 9.17) is 0 Å². The van der Waals surface area contributed by atoms with E-state index in [-0.39, 0.29) is 5.75 Å². The second-order valence-corrected chi connectivity index (χ2v) is 3.63. The number of rotatable bonds is 1. The van der Waals surface area contributed by atoms with Crippen LogP contribution in [-0.2, 0) is 17.6 Å². The minimum atomic E-state index is -4.94. The van der Waals surface area contributed by atoms with Gasteiger partial charge >= 0.3 is 12.1 Å². The van der Waals surface area contributed by atoms with Gasteiger partial charge in [-0.1, -0.05) is 12.1 Å². The highest BCUT2D eigenvalue weighted by Gasteiger charge is 2.41. The summed E-state index contributed by atoms with van der Waals surface area (Å²) in [4.78, 5) is 10.7. The van der Waals surface area contributed by atoms with Crippen molar-refractivity contribution in [3.63, 3.8) is 0 Å². The van der Waals surface area contributed by atoms with Crippen molar-refractivity contribution in [2.24, 2.45) is 0 Å². The van der Waals surface area contributed by atoms with E-state index in [2.05, 4.69) is 4.74 Å². The Morgan fingerprint density at radius 1 is 1.25 bits per heavy atom. The molecule has 0 aromatic heterocycles. The van der Waals surface area contributed by atoms with E-state index >= 15 is 0 Å². The van der Waals surface area contributed by atoms with Crippen molar-refractivity contribution in [2.45, 2.75) is 25.4 Å². The molecule has 0 N–H and O–H groups in total. The molecule has 0 fully saturated rings. The van der Waals surface area contributed by atoms with E-state index in [0.717, 1.165) is 24.0 Å². The van der Waals surface area contributed by atoms with Gasteiger partial charge < -0.3 is 4.74 Å². The molecule has 0 atom stereocenters. The van der Waals surface area contributed by atoms with Gasteiger partial charge in [0.05, 0.1) is 0 Å². The van der Waals surface area contributed by atoms with E-state index in [1.807, 2.05) is 6.07 Å². The van der Waals surface area contributed by atoms with Gasteiger partial charge in [0.15, 0.2) is 0 Å². The number of hydrogen-bond acceptors (Lipinski definition) is 2. The Balaban J connectivity index is 2.23. The molecule has 86 valence electrons. The van der Waals surface area contributed by atoms with Crippen LogP contribution in [0, 0.1) is 0 Å². The third-order valence-corrected chi connectivity index (χ3v) is 2.54. The number of fused-ring (bicyclic) bond motifs is 1. The second kappa shape index (κ2) is 3.81. The Morgan fingerprint density at radius 3 is 2.69 bits per heavy atom. The Bertz CT molecular complexity index is 424. The normalized spacial score (nSPS) is 14.7. The molecule has 0 radical (unpaired) electrons. The zero-order chi connectivity index (χ0) is 11.8. The predicted molar refractivity (Wildman–Crippen MR) is 50.2 cm³/mol. The predicted octanol–water partition coefficient (Wildman–Crippen LogP) is 2.64. The average molecular weight is 230 g/mol. The maximum Gasteiger partial charge on any atom is 0.491 e. The molecule has 0 aliphatic heterocycles. The molecule has 0 saturated heterocycles. The maximum atomic E-state index is 12.0. The van der Waals surface area contributed by atoms with Crippen molar-refractivity contribution in [3.8, 4) is 5.75 Å². The fraction of sp³-hybridized carbons (Fsp3) is 0.364. The lowest BCUT2D eigenvalue weighted by atomic mass is 10.1. The highest BCUT2D eigenvalue weighted by molar-refractivity contribution is 5.78. The van der Waals surface area contributed by atoms with E-state index in [0.29, 0.717) is 6.42 Å². The maximum absolute atomic E-state index is 12.0. The topological polar surface area (TPSA) is 26.3 Å². The molecule has 1 aromatic rings. The Kier molecular flexibility index (Phi) is 2.61. The summed E-state index contributed by atoms with van der Waals surface area (Å²) in [6, 6.07) is 4.84. The molecule has 0 bridgehead atoms. The van der Waals surface area contributed by atoms with Crippen LogP contribution in [-0.4, -0.2) is 12.1 Å². The molecule has 0 heterocycles. The lowest BCUT2D eigenvalue weighted by molar-refractivity contribution is -0.189. The molecule has 2 rings (SSSR count). The lowest BCUT2D eigenvalue weighted by Gasteiger charge is -2.10. The smallest absolute Gasteiger partial charge is 0.420 e. The van der Waals surface area contributed by atoms with Crippen LogP contribution in [0.2, 0.25) is 0 Å². The van der Waals surface area contributed by atoms with Crippen LogP contribution in [0.4, 0.5) is 13.2 Å². The molecule has 1 aliphatic carbocycles. The van der Waals surface area contributed by atoms with Crippen molar-refractivity contribution >= 4 is 5.97 Å². The number of aryl methyl sites for hydroxylation is 1. The summed E-state index contributed by atoms with van der Waals surface area (Å²) >= 11 is 0. The minimum absolute atomic E-state index is 0.0392. The molecule has 16 heavy (non-hydrogen) atoms. The van der Waals surface area contributed by atoms with Crippen LogP contribution in [0.15, 0.2) is 18.2 Å². The fourth-order valence-electron chi connectivity index (χ4n) is 1.84. The molecule has 1 aromatic carbocycles. The summed E-state index contributed by atoms with van der Waals surface area (Å²) in [5, 5.41) is 0. The lowest BCUT2D eigenvalue weighted by Crippen LogP contribution is -2.28. The van der Waals surface area contributed by atoms with Crippen molar-refractivity contribution in [3.05, 3.63) is 29.3 Å². The molecule has 0 unspecified atom stereocenters. The zero-order valence-electron chi connectivity index (χ0n) is 8.30. The third kappa shape index (κ3) is 2.03. The van der Waals surface area contributed by atoms with Gasteiger partial charge in [-0.3, -0.25) is 0 Å². The van der Waals surface area contributed by atoms with Crippen molar-refractivity contribution in [1.82, 2.24) is 0 Å². The van der Waals surface area contributed by atoms with Gasteiger partial charge in [0.1, 0.15) is 5.75 Å². The SMILES string of the molecule is O=C(Oc1cccc2c1CCC2)C(F)(F)F. The average Bonchev–Trinajstić information content (AvgIpc) is 2.65. The molecule has 0 spiro atoms. The number of carbonyl (C=O) groups is 1. The van der Waals surface area contributed by atoms with Gasteiger partial charge in [0.25, 0.3) is 0 Å². The highest BCUT2D eigenvalue weighted by Crippen LogP contribution is 2.31. The van der Waals surface area contributed by atoms with Crippen LogP contribution >= 0.6 is 0 Å². The number of esters is 1. The number of ether oxygens (including phenoxy) is 1. The van der Waals surface area contributed by atoms with Crippen LogP contribution in [0.3, 0.4) is 0 Å². The van der Waals surface area contributed by atoms with E-state index in [1.165, 1.54) is 6.07 Å². The monoisotopic (exact) mass is 230 g/mol. The molecule has 5 heteroatoms. The van der Waals surface area contributed by atoms with E-state index in [9.17, 15) is 18.0 Å². The number of alkyl halides is 3. The quantitative estimate of drug-likeness (QED) is 0.547. The number of carbonyl (C=O) groups excluding carboxylic acids is 1. The van der Waals surface area contributed by atoms with Crippen molar-refractivity contribution in [1.29, 1.82) is 0 Å². The van der Waals surface area contributed by atoms with Gasteiger partial charge in [-0.2, -0.15) is 13.2 Å². The van der Waals surface area contributed by atoms with Crippen molar-refractivity contribution < 1.29 is 22.7 Å². The first-order chi connectivity index (χ1) is 7.48. The molecule has 0 saturated carbocycles. The molecular weight excluding hydrogens is 221 g/mol. The van der Waals surface area contributed by atoms with Crippen molar-refractivity contribution in [2.75, 3.05) is 0 Å². The summed E-state index contributed by atoms with van der Waals surface area (Å²) < 4.78 is 40.4. The minimum Gasteiger partial charge on any atom is -0.420 e. The molecular formula is C11H9F3O2. The van der Waals surface area contributed by atoms with Gasteiger partial charge in [-0.05, 0) is 36.5 Å². The second-order valence-electron chi connectivity index (χ2n) is 3.63. The standard InChI is InChI=1S/C11H9F3O2/c12-11(13,14)10(15)16-9-6-2-4-7-3-1-5-8(7)9/h2,4,6H,1,3,5H2. The number of benzene rings is 1. The molecule has 0 amide bonds. The van der Waals surface area contributed by atoms with Crippen LogP contribution in [0.5, 0.6) is 5.75 Å². The summed E-state index contributed by atoms with van der Waals surface area (Å²) in [6.45, 7) is 0. The van der Waals surface area contributed by atoms with Gasteiger partial charge in [-0.25, -0.2) is 4.79 Å². The largest absolute Gasteiger partial charge is 0.491 e. The Morgan fingerprint density at radius 2 is 2.00 bits per heavy atom. The first-order valence-corrected chi connectivity index (χ1v) is 4.88.